The number of hydrogen-bond donors (Lipinski definition) is 2. The minimum absolute atomic E-state index is 0.480. The molecule has 1 aliphatic heterocycles. The molecule has 6 heteroatoms. The molecule has 0 atom stereocenters. The molecular weight excluding hydrogens is 324 g/mol. The van der Waals surface area contributed by atoms with E-state index in [1.807, 2.05) is 24.1 Å². The first-order chi connectivity index (χ1) is 12.7. The van der Waals surface area contributed by atoms with Crippen molar-refractivity contribution in [3.05, 3.63) is 53.9 Å². The zero-order valence-corrected chi connectivity index (χ0v) is 15.9. The van der Waals surface area contributed by atoms with E-state index >= 15 is 0 Å². The molecule has 1 saturated heterocycles. The van der Waals surface area contributed by atoms with Crippen LogP contribution in [-0.2, 0) is 20.1 Å². The lowest BCUT2D eigenvalue weighted by molar-refractivity contribution is 0.198. The minimum Gasteiger partial charge on any atom is -0.357 e. The van der Waals surface area contributed by atoms with Gasteiger partial charge in [0.2, 0.25) is 0 Å². The lowest BCUT2D eigenvalue weighted by atomic mass is 10.0. The fourth-order valence-corrected chi connectivity index (χ4v) is 3.31. The van der Waals surface area contributed by atoms with Gasteiger partial charge < -0.3 is 10.6 Å². The molecule has 1 fully saturated rings. The number of nitrogens with one attached hydrogen (secondary N) is 2. The topological polar surface area (TPSA) is 57.5 Å². The van der Waals surface area contributed by atoms with Gasteiger partial charge in [0.25, 0.3) is 0 Å². The highest BCUT2D eigenvalue weighted by molar-refractivity contribution is 5.80. The second kappa shape index (κ2) is 9.38. The fraction of sp³-hybridized carbons (Fsp3) is 0.500. The van der Waals surface area contributed by atoms with E-state index < -0.39 is 0 Å². The van der Waals surface area contributed by atoms with Gasteiger partial charge in [-0.2, -0.15) is 5.10 Å². The Kier molecular flexibility index (Phi) is 6.66. The van der Waals surface area contributed by atoms with E-state index in [0.29, 0.717) is 12.6 Å². The van der Waals surface area contributed by atoms with Crippen LogP contribution in [0.25, 0.3) is 0 Å². The number of aromatic nitrogens is 2. The molecular formula is C20H30N6. The lowest BCUT2D eigenvalue weighted by Crippen LogP contribution is -2.48. The Labute approximate surface area is 156 Å². The van der Waals surface area contributed by atoms with E-state index in [0.717, 1.165) is 50.5 Å². The summed E-state index contributed by atoms with van der Waals surface area (Å²) in [4.78, 5) is 7.24. The zero-order chi connectivity index (χ0) is 18.2. The highest BCUT2D eigenvalue weighted by Crippen LogP contribution is 2.14. The Morgan fingerprint density at radius 3 is 2.62 bits per heavy atom. The summed E-state index contributed by atoms with van der Waals surface area (Å²) < 4.78 is 1.81. The number of nitrogens with zero attached hydrogens (tertiary/aromatic N) is 4. The van der Waals surface area contributed by atoms with Gasteiger partial charge in [0.15, 0.2) is 5.96 Å². The van der Waals surface area contributed by atoms with Crippen molar-refractivity contribution in [3.8, 4) is 0 Å². The van der Waals surface area contributed by atoms with Crippen molar-refractivity contribution in [2.45, 2.75) is 38.9 Å². The molecule has 0 spiro atoms. The monoisotopic (exact) mass is 354 g/mol. The third kappa shape index (κ3) is 5.59. The Balaban J connectivity index is 1.47. The minimum atomic E-state index is 0.480. The SMILES string of the molecule is CCNC(=NCc1cnn(C)c1)NC1CCN(Cc2ccccc2)CC1. The van der Waals surface area contributed by atoms with Gasteiger partial charge in [0.05, 0.1) is 12.7 Å². The fourth-order valence-electron chi connectivity index (χ4n) is 3.31. The van der Waals surface area contributed by atoms with Crippen LogP contribution < -0.4 is 10.6 Å². The van der Waals surface area contributed by atoms with Gasteiger partial charge >= 0.3 is 0 Å². The number of aryl methyl sites for hydroxylation is 1. The van der Waals surface area contributed by atoms with Crippen LogP contribution in [0.15, 0.2) is 47.7 Å². The maximum Gasteiger partial charge on any atom is 0.191 e. The molecule has 26 heavy (non-hydrogen) atoms. The summed E-state index contributed by atoms with van der Waals surface area (Å²) in [5.41, 5.74) is 2.52. The molecule has 1 aromatic heterocycles. The van der Waals surface area contributed by atoms with Gasteiger partial charge in [-0.25, -0.2) is 4.99 Å². The maximum absolute atomic E-state index is 4.71. The Morgan fingerprint density at radius 2 is 1.96 bits per heavy atom. The largest absolute Gasteiger partial charge is 0.357 e. The number of aliphatic imine (C=N–C) groups is 1. The van der Waals surface area contributed by atoms with Crippen LogP contribution in [0.3, 0.4) is 0 Å². The second-order valence-corrected chi connectivity index (χ2v) is 6.90. The predicted octanol–water partition coefficient (Wildman–Crippen LogP) is 2.14. The first-order valence-electron chi connectivity index (χ1n) is 9.51. The normalized spacial score (nSPS) is 16.6. The molecule has 6 nitrogen and oxygen atoms in total. The molecule has 1 aromatic carbocycles. The van der Waals surface area contributed by atoms with E-state index in [1.165, 1.54) is 5.56 Å². The molecule has 2 N–H and O–H groups in total. The van der Waals surface area contributed by atoms with Crippen molar-refractivity contribution in [2.75, 3.05) is 19.6 Å². The van der Waals surface area contributed by atoms with Crippen molar-refractivity contribution in [1.29, 1.82) is 0 Å². The van der Waals surface area contributed by atoms with Gasteiger partial charge in [-0.1, -0.05) is 30.3 Å². The van der Waals surface area contributed by atoms with Crippen molar-refractivity contribution in [1.82, 2.24) is 25.3 Å². The summed E-state index contributed by atoms with van der Waals surface area (Å²) in [6, 6.07) is 11.2. The molecule has 0 unspecified atom stereocenters. The van der Waals surface area contributed by atoms with Crippen LogP contribution in [0.2, 0.25) is 0 Å². The first kappa shape index (κ1) is 18.5. The third-order valence-electron chi connectivity index (χ3n) is 4.70. The first-order valence-corrected chi connectivity index (χ1v) is 9.51. The van der Waals surface area contributed by atoms with Gasteiger partial charge in [-0.05, 0) is 25.3 Å². The maximum atomic E-state index is 4.71. The number of piperidine rings is 1. The van der Waals surface area contributed by atoms with Crippen LogP contribution in [-0.4, -0.2) is 46.3 Å². The van der Waals surface area contributed by atoms with Gasteiger partial charge in [-0.15, -0.1) is 0 Å². The molecule has 140 valence electrons. The number of likely N-dealkylation sites (tertiary alicyclic amines) is 1. The molecule has 2 heterocycles. The van der Waals surface area contributed by atoms with Gasteiger partial charge in [0.1, 0.15) is 0 Å². The molecule has 1 aliphatic rings. The number of rotatable bonds is 6. The van der Waals surface area contributed by atoms with E-state index in [2.05, 4.69) is 57.9 Å². The third-order valence-corrected chi connectivity index (χ3v) is 4.70. The van der Waals surface area contributed by atoms with Gasteiger partial charge in [-0.3, -0.25) is 9.58 Å². The van der Waals surface area contributed by atoms with Crippen LogP contribution in [0.1, 0.15) is 30.9 Å². The molecule has 3 rings (SSSR count). The van der Waals surface area contributed by atoms with Crippen LogP contribution in [0.4, 0.5) is 0 Å². The Bertz CT molecular complexity index is 685. The van der Waals surface area contributed by atoms with Gasteiger partial charge in [0, 0.05) is 51.0 Å². The average molecular weight is 355 g/mol. The summed E-state index contributed by atoms with van der Waals surface area (Å²) in [6.45, 7) is 6.90. The van der Waals surface area contributed by atoms with E-state index in [1.54, 1.807) is 0 Å². The molecule has 0 bridgehead atoms. The quantitative estimate of drug-likeness (QED) is 0.616. The molecule has 2 aromatic rings. The number of guanidine groups is 1. The summed E-state index contributed by atoms with van der Waals surface area (Å²) in [5, 5.41) is 11.2. The summed E-state index contributed by atoms with van der Waals surface area (Å²) in [7, 11) is 1.93. The highest BCUT2D eigenvalue weighted by Gasteiger charge is 2.20. The van der Waals surface area contributed by atoms with Crippen molar-refractivity contribution in [2.24, 2.45) is 12.0 Å². The molecule has 0 saturated carbocycles. The van der Waals surface area contributed by atoms with Crippen molar-refractivity contribution in [3.63, 3.8) is 0 Å². The summed E-state index contributed by atoms with van der Waals surface area (Å²) in [6.07, 6.45) is 6.17. The second-order valence-electron chi connectivity index (χ2n) is 6.90. The van der Waals surface area contributed by atoms with Crippen LogP contribution in [0, 0.1) is 0 Å². The predicted molar refractivity (Wildman–Crippen MR) is 106 cm³/mol. The summed E-state index contributed by atoms with van der Waals surface area (Å²) >= 11 is 0. The van der Waals surface area contributed by atoms with E-state index in [-0.39, 0.29) is 0 Å². The molecule has 0 radical (unpaired) electrons. The van der Waals surface area contributed by atoms with Crippen LogP contribution >= 0.6 is 0 Å². The Morgan fingerprint density at radius 1 is 1.19 bits per heavy atom. The Hall–Kier alpha value is -2.34. The smallest absolute Gasteiger partial charge is 0.191 e. The zero-order valence-electron chi connectivity index (χ0n) is 15.9. The standard InChI is InChI=1S/C20H30N6/c1-3-21-20(22-13-18-14-23-25(2)15-18)24-19-9-11-26(12-10-19)16-17-7-5-4-6-8-17/h4-8,14-15,19H,3,9-13,16H2,1-2H3,(H2,21,22,24). The van der Waals surface area contributed by atoms with Crippen LogP contribution in [0.5, 0.6) is 0 Å². The number of hydrogen-bond acceptors (Lipinski definition) is 3. The number of benzene rings is 1. The van der Waals surface area contributed by atoms with E-state index in [4.69, 9.17) is 4.99 Å². The molecule has 0 amide bonds. The summed E-state index contributed by atoms with van der Waals surface area (Å²) in [5.74, 6) is 0.901. The highest BCUT2D eigenvalue weighted by atomic mass is 15.2. The van der Waals surface area contributed by atoms with Crippen molar-refractivity contribution < 1.29 is 0 Å². The average Bonchev–Trinajstić information content (AvgIpc) is 3.08. The van der Waals surface area contributed by atoms with E-state index in [9.17, 15) is 0 Å². The lowest BCUT2D eigenvalue weighted by Gasteiger charge is -2.33. The molecule has 0 aliphatic carbocycles. The van der Waals surface area contributed by atoms with Crippen molar-refractivity contribution >= 4 is 5.96 Å².